The largest absolute Gasteiger partial charge is 0.0763 e. The van der Waals surface area contributed by atoms with Gasteiger partial charge in [0.1, 0.15) is 0 Å². The van der Waals surface area contributed by atoms with Crippen LogP contribution in [0.15, 0.2) is 164 Å². The predicted molar refractivity (Wildman–Crippen MR) is 147 cm³/mol. The summed E-state index contributed by atoms with van der Waals surface area (Å²) in [5.41, 5.74) is 5.66. The van der Waals surface area contributed by atoms with Crippen molar-refractivity contribution >= 4 is 5.57 Å². The Morgan fingerprint density at radius 3 is 1.54 bits per heavy atom. The first-order valence-electron chi connectivity index (χ1n) is 12.3. The highest BCUT2D eigenvalue weighted by Gasteiger charge is 2.59. The van der Waals surface area contributed by atoms with Crippen molar-refractivity contribution in [1.29, 1.82) is 0 Å². The molecular weight excluding hydrogens is 420 g/mol. The van der Waals surface area contributed by atoms with Gasteiger partial charge in [0.15, 0.2) is 0 Å². The third-order valence-electron chi connectivity index (χ3n) is 7.68. The Labute approximate surface area is 208 Å². The van der Waals surface area contributed by atoms with E-state index in [0.717, 1.165) is 0 Å². The molecule has 0 aliphatic heterocycles. The van der Waals surface area contributed by atoms with Crippen molar-refractivity contribution in [3.63, 3.8) is 0 Å². The predicted octanol–water partition coefficient (Wildman–Crippen LogP) is 8.31. The summed E-state index contributed by atoms with van der Waals surface area (Å²) in [4.78, 5) is 0. The summed E-state index contributed by atoms with van der Waals surface area (Å²) in [6, 6.07) is 44.1. The Kier molecular flexibility index (Phi) is 5.43. The molecule has 1 atom stereocenters. The first-order chi connectivity index (χ1) is 17.4. The summed E-state index contributed by atoms with van der Waals surface area (Å²) in [7, 11) is 0. The van der Waals surface area contributed by atoms with E-state index in [4.69, 9.17) is 0 Å². The molecule has 0 radical (unpaired) electrons. The molecule has 0 heteroatoms. The van der Waals surface area contributed by atoms with Gasteiger partial charge in [-0.3, -0.25) is 0 Å². The number of benzene rings is 4. The van der Waals surface area contributed by atoms with E-state index in [2.05, 4.69) is 164 Å². The first-order valence-corrected chi connectivity index (χ1v) is 12.3. The van der Waals surface area contributed by atoms with E-state index >= 15 is 0 Å². The van der Waals surface area contributed by atoms with Crippen molar-refractivity contribution in [2.45, 2.75) is 10.8 Å². The summed E-state index contributed by atoms with van der Waals surface area (Å²) in [6.45, 7) is 0. The molecule has 0 saturated heterocycles. The first kappa shape index (κ1) is 21.4. The van der Waals surface area contributed by atoms with E-state index < -0.39 is 10.8 Å². The Hall–Kier alpha value is -4.16. The van der Waals surface area contributed by atoms with Gasteiger partial charge >= 0.3 is 0 Å². The second-order valence-corrected chi connectivity index (χ2v) is 9.32. The highest BCUT2D eigenvalue weighted by Crippen LogP contribution is 2.62. The zero-order valence-corrected chi connectivity index (χ0v) is 19.7. The van der Waals surface area contributed by atoms with Gasteiger partial charge in [0.05, 0.1) is 5.41 Å². The van der Waals surface area contributed by atoms with Crippen molar-refractivity contribution in [3.8, 4) is 0 Å². The molecule has 4 aromatic rings. The van der Waals surface area contributed by atoms with Gasteiger partial charge < -0.3 is 0 Å². The quantitative estimate of drug-likeness (QED) is 0.278. The Bertz CT molecular complexity index is 1360. The van der Waals surface area contributed by atoms with Crippen LogP contribution in [0.5, 0.6) is 0 Å². The van der Waals surface area contributed by atoms with Crippen LogP contribution in [0, 0.1) is 5.92 Å². The molecule has 6 rings (SSSR count). The molecule has 2 aliphatic rings. The maximum Gasteiger partial charge on any atom is 0.0536 e. The van der Waals surface area contributed by atoms with E-state index in [1.807, 2.05) is 0 Å². The third kappa shape index (κ3) is 3.21. The molecule has 0 bridgehead atoms. The molecule has 0 saturated carbocycles. The summed E-state index contributed by atoms with van der Waals surface area (Å²) in [5, 5.41) is 0. The number of rotatable bonds is 6. The lowest BCUT2D eigenvalue weighted by Gasteiger charge is -2.53. The van der Waals surface area contributed by atoms with Gasteiger partial charge in [-0.15, -0.1) is 0 Å². The minimum absolute atomic E-state index is 0.169. The van der Waals surface area contributed by atoms with E-state index in [9.17, 15) is 0 Å². The van der Waals surface area contributed by atoms with E-state index in [0.29, 0.717) is 0 Å². The second-order valence-electron chi connectivity index (χ2n) is 9.32. The van der Waals surface area contributed by atoms with Gasteiger partial charge in [0, 0.05) is 11.3 Å². The molecule has 0 nitrogen and oxygen atoms in total. The van der Waals surface area contributed by atoms with Gasteiger partial charge in [-0.2, -0.15) is 0 Å². The minimum atomic E-state index is -0.429. The summed E-state index contributed by atoms with van der Waals surface area (Å²) in [6.07, 6.45) is 16.2. The zero-order chi connectivity index (χ0) is 23.6. The highest BCUT2D eigenvalue weighted by atomic mass is 14.6. The van der Waals surface area contributed by atoms with Crippen molar-refractivity contribution in [2.75, 3.05) is 0 Å². The van der Waals surface area contributed by atoms with Crippen LogP contribution in [-0.2, 0) is 10.8 Å². The molecular formula is C35H28. The summed E-state index contributed by atoms with van der Waals surface area (Å²) < 4.78 is 0. The van der Waals surface area contributed by atoms with E-state index in [-0.39, 0.29) is 5.92 Å². The van der Waals surface area contributed by atoms with Crippen LogP contribution in [0.1, 0.15) is 22.3 Å². The smallest absolute Gasteiger partial charge is 0.0536 e. The molecule has 0 aromatic heterocycles. The lowest BCUT2D eigenvalue weighted by Crippen LogP contribution is -2.53. The molecule has 0 amide bonds. The van der Waals surface area contributed by atoms with Gasteiger partial charge in [0.2, 0.25) is 0 Å². The van der Waals surface area contributed by atoms with Gasteiger partial charge in [-0.1, -0.05) is 164 Å². The average Bonchev–Trinajstić information content (AvgIpc) is 3.64. The molecule has 0 fully saturated rings. The van der Waals surface area contributed by atoms with E-state index in [1.165, 1.54) is 27.8 Å². The van der Waals surface area contributed by atoms with Gasteiger partial charge in [-0.05, 0) is 27.8 Å². The van der Waals surface area contributed by atoms with Gasteiger partial charge in [-0.25, -0.2) is 0 Å². The topological polar surface area (TPSA) is 0 Å². The standard InChI is InChI=1S/C35H28/c1-5-16-28(17-6-1)33-26-15-27-34(33,29-18-7-2-8-19-29)35(32-24-13-14-25-32,30-20-9-3-10-21-30)31-22-11-4-12-23-31/h1-27,32H. The van der Waals surface area contributed by atoms with Gasteiger partial charge in [0.25, 0.3) is 0 Å². The SMILES string of the molecule is C1=CC(C(c2ccccc2)(c2ccccc2)C2(c3ccccc3)C=CC=C2c2ccccc2)C=C1. The highest BCUT2D eigenvalue weighted by molar-refractivity contribution is 5.86. The van der Waals surface area contributed by atoms with Crippen molar-refractivity contribution in [3.05, 3.63) is 186 Å². The van der Waals surface area contributed by atoms with Crippen LogP contribution >= 0.6 is 0 Å². The zero-order valence-electron chi connectivity index (χ0n) is 19.7. The molecule has 35 heavy (non-hydrogen) atoms. The minimum Gasteiger partial charge on any atom is -0.0763 e. The number of allylic oxidation sites excluding steroid dienone is 8. The summed E-state index contributed by atoms with van der Waals surface area (Å²) >= 11 is 0. The van der Waals surface area contributed by atoms with E-state index in [1.54, 1.807) is 0 Å². The lowest BCUT2D eigenvalue weighted by molar-refractivity contribution is 0.339. The van der Waals surface area contributed by atoms with Crippen molar-refractivity contribution in [1.82, 2.24) is 0 Å². The molecule has 168 valence electrons. The molecule has 1 unspecified atom stereocenters. The maximum atomic E-state index is 2.45. The molecule has 0 heterocycles. The van der Waals surface area contributed by atoms with Crippen molar-refractivity contribution < 1.29 is 0 Å². The van der Waals surface area contributed by atoms with Crippen LogP contribution in [0.2, 0.25) is 0 Å². The van der Waals surface area contributed by atoms with Crippen molar-refractivity contribution in [2.24, 2.45) is 5.92 Å². The van der Waals surface area contributed by atoms with Crippen LogP contribution in [0.4, 0.5) is 0 Å². The van der Waals surface area contributed by atoms with Crippen LogP contribution in [-0.4, -0.2) is 0 Å². The normalized spacial score (nSPS) is 19.3. The number of hydrogen-bond acceptors (Lipinski definition) is 0. The Balaban J connectivity index is 1.79. The fourth-order valence-electron chi connectivity index (χ4n) is 6.37. The van der Waals surface area contributed by atoms with Crippen LogP contribution in [0.25, 0.3) is 5.57 Å². The fraction of sp³-hybridized carbons (Fsp3) is 0.0857. The van der Waals surface area contributed by atoms with Crippen LogP contribution < -0.4 is 0 Å². The molecule has 0 spiro atoms. The van der Waals surface area contributed by atoms with Crippen LogP contribution in [0.3, 0.4) is 0 Å². The Morgan fingerprint density at radius 2 is 1.00 bits per heavy atom. The molecule has 0 N–H and O–H groups in total. The molecule has 2 aliphatic carbocycles. The monoisotopic (exact) mass is 448 g/mol. The number of hydrogen-bond donors (Lipinski definition) is 0. The molecule has 4 aromatic carbocycles. The lowest BCUT2D eigenvalue weighted by atomic mass is 9.47. The average molecular weight is 449 g/mol. The second kappa shape index (κ2) is 8.89. The third-order valence-corrected chi connectivity index (χ3v) is 7.68. The fourth-order valence-corrected chi connectivity index (χ4v) is 6.37. The Morgan fingerprint density at radius 1 is 0.514 bits per heavy atom. The maximum absolute atomic E-state index is 2.45. The summed E-state index contributed by atoms with van der Waals surface area (Å²) in [5.74, 6) is 0.169.